The monoisotopic (exact) mass is 386 g/mol. The Labute approximate surface area is 126 Å². The van der Waals surface area contributed by atoms with Crippen LogP contribution in [0.3, 0.4) is 0 Å². The first-order valence-electron chi connectivity index (χ1n) is 5.29. The van der Waals surface area contributed by atoms with E-state index in [1.165, 1.54) is 12.1 Å². The summed E-state index contributed by atoms with van der Waals surface area (Å²) in [5, 5.41) is 2.50. The van der Waals surface area contributed by atoms with Crippen LogP contribution in [0.25, 0.3) is 0 Å². The molecule has 1 amide bonds. The second-order valence-electron chi connectivity index (χ2n) is 3.79. The van der Waals surface area contributed by atoms with Crippen LogP contribution in [-0.2, 0) is 0 Å². The van der Waals surface area contributed by atoms with Gasteiger partial charge in [-0.2, -0.15) is 0 Å². The Morgan fingerprint density at radius 2 is 1.95 bits per heavy atom. The number of carbonyl (C=O) groups excluding carboxylic acids is 1. The van der Waals surface area contributed by atoms with Crippen molar-refractivity contribution in [2.75, 3.05) is 11.1 Å². The molecule has 0 aromatic heterocycles. The van der Waals surface area contributed by atoms with Crippen molar-refractivity contribution in [2.45, 2.75) is 0 Å². The first-order chi connectivity index (χ1) is 8.99. The van der Waals surface area contributed by atoms with Crippen molar-refractivity contribution in [3.63, 3.8) is 0 Å². The molecule has 3 nitrogen and oxygen atoms in total. The highest BCUT2D eigenvalue weighted by Crippen LogP contribution is 2.25. The van der Waals surface area contributed by atoms with Crippen LogP contribution in [0.5, 0.6) is 0 Å². The summed E-state index contributed by atoms with van der Waals surface area (Å²) in [4.78, 5) is 12.0. The van der Waals surface area contributed by atoms with Crippen molar-refractivity contribution >= 4 is 49.1 Å². The van der Waals surface area contributed by atoms with Crippen molar-refractivity contribution in [3.05, 3.63) is 56.7 Å². The van der Waals surface area contributed by atoms with E-state index in [0.717, 1.165) is 0 Å². The van der Waals surface area contributed by atoms with Gasteiger partial charge in [0.15, 0.2) is 0 Å². The van der Waals surface area contributed by atoms with E-state index in [1.807, 2.05) is 0 Å². The number of rotatable bonds is 2. The molecule has 0 saturated carbocycles. The summed E-state index contributed by atoms with van der Waals surface area (Å²) in [7, 11) is 0. The average molecular weight is 388 g/mol. The largest absolute Gasteiger partial charge is 0.398 e. The third-order valence-corrected chi connectivity index (χ3v) is 3.83. The minimum absolute atomic E-state index is 0.113. The number of halogens is 3. The molecule has 6 heteroatoms. The molecular formula is C13H9Br2FN2O. The van der Waals surface area contributed by atoms with E-state index in [-0.39, 0.29) is 5.69 Å². The fourth-order valence-electron chi connectivity index (χ4n) is 1.51. The zero-order chi connectivity index (χ0) is 14.0. The zero-order valence-corrected chi connectivity index (χ0v) is 12.8. The Balaban J connectivity index is 2.28. The van der Waals surface area contributed by atoms with Crippen LogP contribution in [-0.4, -0.2) is 5.91 Å². The summed E-state index contributed by atoms with van der Waals surface area (Å²) in [6, 6.07) is 9.34. The molecule has 19 heavy (non-hydrogen) atoms. The molecule has 0 spiro atoms. The van der Waals surface area contributed by atoms with Gasteiger partial charge in [-0.25, -0.2) is 4.39 Å². The fraction of sp³-hybridized carbons (Fsp3) is 0. The molecule has 3 N–H and O–H groups in total. The Kier molecular flexibility index (Phi) is 4.21. The predicted octanol–water partition coefficient (Wildman–Crippen LogP) is 4.19. The number of amides is 1. The third kappa shape index (κ3) is 3.13. The standard InChI is InChI=1S/C13H9Br2FN2O/c14-7-4-5-11(9(16)6-7)18-13(19)8-2-1-3-10(17)12(8)15/h1-6H,17H2,(H,18,19). The van der Waals surface area contributed by atoms with E-state index in [9.17, 15) is 9.18 Å². The molecule has 2 aromatic rings. The van der Waals surface area contributed by atoms with Crippen molar-refractivity contribution < 1.29 is 9.18 Å². The van der Waals surface area contributed by atoms with Gasteiger partial charge in [-0.15, -0.1) is 0 Å². The van der Waals surface area contributed by atoms with Crippen molar-refractivity contribution in [2.24, 2.45) is 0 Å². The Morgan fingerprint density at radius 1 is 1.21 bits per heavy atom. The van der Waals surface area contributed by atoms with Crippen molar-refractivity contribution in [1.82, 2.24) is 0 Å². The second-order valence-corrected chi connectivity index (χ2v) is 5.50. The van der Waals surface area contributed by atoms with E-state index >= 15 is 0 Å². The van der Waals surface area contributed by atoms with Crippen LogP contribution in [0, 0.1) is 5.82 Å². The molecular weight excluding hydrogens is 379 g/mol. The number of carbonyl (C=O) groups is 1. The quantitative estimate of drug-likeness (QED) is 0.759. The highest BCUT2D eigenvalue weighted by molar-refractivity contribution is 9.11. The maximum atomic E-state index is 13.6. The molecule has 0 aliphatic carbocycles. The summed E-state index contributed by atoms with van der Waals surface area (Å²) in [6.45, 7) is 0. The molecule has 0 atom stereocenters. The lowest BCUT2D eigenvalue weighted by molar-refractivity contribution is 0.102. The number of hydrogen-bond acceptors (Lipinski definition) is 2. The zero-order valence-electron chi connectivity index (χ0n) is 9.58. The van der Waals surface area contributed by atoms with Gasteiger partial charge in [0.1, 0.15) is 5.82 Å². The highest BCUT2D eigenvalue weighted by atomic mass is 79.9. The van der Waals surface area contributed by atoms with Gasteiger partial charge in [0.2, 0.25) is 0 Å². The first-order valence-corrected chi connectivity index (χ1v) is 6.88. The molecule has 0 aliphatic rings. The molecule has 0 fully saturated rings. The molecule has 0 radical (unpaired) electrons. The molecule has 0 bridgehead atoms. The summed E-state index contributed by atoms with van der Waals surface area (Å²) in [5.74, 6) is -0.942. The first kappa shape index (κ1) is 14.0. The molecule has 0 unspecified atom stereocenters. The van der Waals surface area contributed by atoms with Crippen LogP contribution >= 0.6 is 31.9 Å². The normalized spacial score (nSPS) is 10.3. The molecule has 0 saturated heterocycles. The van der Waals surface area contributed by atoms with Gasteiger partial charge < -0.3 is 11.1 Å². The van der Waals surface area contributed by atoms with Gasteiger partial charge in [0.05, 0.1) is 15.7 Å². The van der Waals surface area contributed by atoms with Gasteiger partial charge in [-0.1, -0.05) is 22.0 Å². The van der Waals surface area contributed by atoms with Crippen LogP contribution in [0.1, 0.15) is 10.4 Å². The smallest absolute Gasteiger partial charge is 0.256 e. The molecule has 0 heterocycles. The fourth-order valence-corrected chi connectivity index (χ4v) is 2.28. The Hall–Kier alpha value is -1.40. The lowest BCUT2D eigenvalue weighted by Crippen LogP contribution is -2.14. The number of nitrogens with two attached hydrogens (primary N) is 1. The minimum atomic E-state index is -0.511. The van der Waals surface area contributed by atoms with Crippen LogP contribution < -0.4 is 11.1 Å². The van der Waals surface area contributed by atoms with E-state index in [1.54, 1.807) is 24.3 Å². The summed E-state index contributed by atoms with van der Waals surface area (Å²) in [6.07, 6.45) is 0. The van der Waals surface area contributed by atoms with Gasteiger partial charge >= 0.3 is 0 Å². The molecule has 0 aliphatic heterocycles. The summed E-state index contributed by atoms with van der Waals surface area (Å²) < 4.78 is 14.7. The van der Waals surface area contributed by atoms with E-state index < -0.39 is 11.7 Å². The number of hydrogen-bond donors (Lipinski definition) is 2. The van der Waals surface area contributed by atoms with E-state index in [2.05, 4.69) is 37.2 Å². The maximum Gasteiger partial charge on any atom is 0.256 e. The lowest BCUT2D eigenvalue weighted by atomic mass is 10.2. The number of benzene rings is 2. The minimum Gasteiger partial charge on any atom is -0.398 e. The third-order valence-electron chi connectivity index (χ3n) is 2.45. The predicted molar refractivity (Wildman–Crippen MR) is 80.6 cm³/mol. The van der Waals surface area contributed by atoms with Crippen LogP contribution in [0.15, 0.2) is 45.3 Å². The topological polar surface area (TPSA) is 55.1 Å². The number of nitrogen functional groups attached to an aromatic ring is 1. The molecule has 2 aromatic carbocycles. The average Bonchev–Trinajstić information content (AvgIpc) is 2.36. The lowest BCUT2D eigenvalue weighted by Gasteiger charge is -2.09. The van der Waals surface area contributed by atoms with Crippen molar-refractivity contribution in [1.29, 1.82) is 0 Å². The molecule has 2 rings (SSSR count). The highest BCUT2D eigenvalue weighted by Gasteiger charge is 2.13. The maximum absolute atomic E-state index is 13.6. The van der Waals surface area contributed by atoms with E-state index in [0.29, 0.717) is 20.2 Å². The number of nitrogens with one attached hydrogen (secondary N) is 1. The summed E-state index contributed by atoms with van der Waals surface area (Å²) in [5.41, 5.74) is 6.61. The SMILES string of the molecule is Nc1cccc(C(=O)Nc2ccc(Br)cc2F)c1Br. The van der Waals surface area contributed by atoms with Crippen molar-refractivity contribution in [3.8, 4) is 0 Å². The Bertz CT molecular complexity index is 647. The van der Waals surface area contributed by atoms with Gasteiger partial charge in [0.25, 0.3) is 5.91 Å². The van der Waals surface area contributed by atoms with Gasteiger partial charge in [-0.05, 0) is 46.3 Å². The van der Waals surface area contributed by atoms with Gasteiger partial charge in [0, 0.05) is 10.2 Å². The Morgan fingerprint density at radius 3 is 2.63 bits per heavy atom. The van der Waals surface area contributed by atoms with E-state index in [4.69, 9.17) is 5.73 Å². The second kappa shape index (κ2) is 5.71. The molecule has 98 valence electrons. The van der Waals surface area contributed by atoms with Gasteiger partial charge in [-0.3, -0.25) is 4.79 Å². The van der Waals surface area contributed by atoms with Crippen LogP contribution in [0.4, 0.5) is 15.8 Å². The number of anilines is 2. The summed E-state index contributed by atoms with van der Waals surface area (Å²) >= 11 is 6.39. The van der Waals surface area contributed by atoms with Crippen LogP contribution in [0.2, 0.25) is 0 Å².